The van der Waals surface area contributed by atoms with Crippen LogP contribution in [-0.2, 0) is 11.3 Å². The highest BCUT2D eigenvalue weighted by Crippen LogP contribution is 2.34. The van der Waals surface area contributed by atoms with Crippen molar-refractivity contribution < 1.29 is 23.1 Å². The Morgan fingerprint density at radius 1 is 1.18 bits per heavy atom. The Kier molecular flexibility index (Phi) is 7.31. The Morgan fingerprint density at radius 2 is 1.91 bits per heavy atom. The highest BCUT2D eigenvalue weighted by atomic mass is 19.3. The summed E-state index contributed by atoms with van der Waals surface area (Å²) < 4.78 is 38.0. The maximum absolute atomic E-state index is 13.2. The summed E-state index contributed by atoms with van der Waals surface area (Å²) in [5.74, 6) is -1.61. The predicted octanol–water partition coefficient (Wildman–Crippen LogP) is 2.69. The molecule has 0 radical (unpaired) electrons. The van der Waals surface area contributed by atoms with E-state index in [1.54, 1.807) is 30.5 Å². The van der Waals surface area contributed by atoms with Gasteiger partial charge >= 0.3 is 6.43 Å². The van der Waals surface area contributed by atoms with Crippen LogP contribution in [0.1, 0.15) is 30.2 Å². The summed E-state index contributed by atoms with van der Waals surface area (Å²) in [5, 5.41) is 15.5. The summed E-state index contributed by atoms with van der Waals surface area (Å²) in [5.41, 5.74) is 3.52. The van der Waals surface area contributed by atoms with E-state index in [-0.39, 0.29) is 0 Å². The molecule has 3 heterocycles. The lowest BCUT2D eigenvalue weighted by atomic mass is 9.75. The molecule has 0 aliphatic carbocycles. The summed E-state index contributed by atoms with van der Waals surface area (Å²) in [4.78, 5) is 18.2. The summed E-state index contributed by atoms with van der Waals surface area (Å²) in [6.07, 6.45) is -0.398. The van der Waals surface area contributed by atoms with Gasteiger partial charge in [-0.2, -0.15) is 8.78 Å². The summed E-state index contributed by atoms with van der Waals surface area (Å²) in [6, 6.07) is 9.23. The number of pyridine rings is 1. The zero-order valence-electron chi connectivity index (χ0n) is 18.3. The standard InChI is InChI=1S/C24H29F3N4O2/c25-10-20(30-23(33)22(26)27)21(32)17-4-2-16(3-5-17)18-6-7-19(29-11-18)12-31-9-1-8-24(15-31)13-28-14-24/h2-7,11,20-22,28,32H,1,8-10,12-15H2,(H,30,33). The highest BCUT2D eigenvalue weighted by Gasteiger charge is 2.40. The topological polar surface area (TPSA) is 77.5 Å². The number of benzene rings is 1. The van der Waals surface area contributed by atoms with Crippen molar-refractivity contribution in [3.05, 3.63) is 53.9 Å². The van der Waals surface area contributed by atoms with Crippen LogP contribution in [0.3, 0.4) is 0 Å². The molecule has 2 unspecified atom stereocenters. The lowest BCUT2D eigenvalue weighted by Gasteiger charge is -2.49. The Morgan fingerprint density at radius 3 is 2.48 bits per heavy atom. The quantitative estimate of drug-likeness (QED) is 0.563. The Balaban J connectivity index is 1.37. The number of carbonyl (C=O) groups excluding carboxylic acids is 1. The number of piperidine rings is 1. The molecule has 0 bridgehead atoms. The van der Waals surface area contributed by atoms with Crippen molar-refractivity contribution >= 4 is 5.91 Å². The number of rotatable bonds is 8. The second-order valence-electron chi connectivity index (χ2n) is 9.09. The fraction of sp³-hybridized carbons (Fsp3) is 0.500. The zero-order chi connectivity index (χ0) is 23.4. The maximum atomic E-state index is 13.2. The van der Waals surface area contributed by atoms with Crippen LogP contribution in [0.5, 0.6) is 0 Å². The van der Waals surface area contributed by atoms with Crippen LogP contribution in [0.25, 0.3) is 11.1 Å². The molecule has 9 heteroatoms. The van der Waals surface area contributed by atoms with Crippen LogP contribution in [0, 0.1) is 5.41 Å². The van der Waals surface area contributed by atoms with E-state index < -0.39 is 31.2 Å². The van der Waals surface area contributed by atoms with Crippen molar-refractivity contribution in [2.75, 3.05) is 32.9 Å². The first-order valence-corrected chi connectivity index (χ1v) is 11.2. The average Bonchev–Trinajstić information content (AvgIpc) is 2.81. The molecule has 1 aromatic carbocycles. The first-order valence-electron chi connectivity index (χ1n) is 11.2. The van der Waals surface area contributed by atoms with Crippen molar-refractivity contribution in [1.82, 2.24) is 20.5 Å². The van der Waals surface area contributed by atoms with Gasteiger partial charge in [-0.3, -0.25) is 14.7 Å². The van der Waals surface area contributed by atoms with E-state index in [9.17, 15) is 23.1 Å². The number of nitrogens with zero attached hydrogens (tertiary/aromatic N) is 2. The van der Waals surface area contributed by atoms with E-state index >= 15 is 0 Å². The molecule has 1 aromatic heterocycles. The van der Waals surface area contributed by atoms with E-state index in [1.165, 1.54) is 12.8 Å². The molecule has 1 spiro atoms. The number of halogens is 3. The molecule has 2 fully saturated rings. The second-order valence-corrected chi connectivity index (χ2v) is 9.09. The number of carbonyl (C=O) groups is 1. The molecule has 6 nitrogen and oxygen atoms in total. The molecule has 2 aliphatic heterocycles. The van der Waals surface area contributed by atoms with E-state index in [4.69, 9.17) is 0 Å². The number of hydrogen-bond acceptors (Lipinski definition) is 5. The van der Waals surface area contributed by atoms with E-state index in [2.05, 4.69) is 15.2 Å². The van der Waals surface area contributed by atoms with Crippen LogP contribution in [0.2, 0.25) is 0 Å². The molecule has 1 amide bonds. The van der Waals surface area contributed by atoms with Crippen molar-refractivity contribution in [3.63, 3.8) is 0 Å². The first kappa shape index (κ1) is 23.7. The number of hydrogen-bond donors (Lipinski definition) is 3. The van der Waals surface area contributed by atoms with Gasteiger partial charge in [0.1, 0.15) is 12.8 Å². The number of likely N-dealkylation sites (tertiary alicyclic amines) is 1. The van der Waals surface area contributed by atoms with Crippen LogP contribution >= 0.6 is 0 Å². The fourth-order valence-electron chi connectivity index (χ4n) is 4.68. The number of amides is 1. The predicted molar refractivity (Wildman–Crippen MR) is 118 cm³/mol. The van der Waals surface area contributed by atoms with Gasteiger partial charge in [0.15, 0.2) is 0 Å². The molecule has 3 N–H and O–H groups in total. The molecule has 4 rings (SSSR count). The van der Waals surface area contributed by atoms with Gasteiger partial charge in [0.2, 0.25) is 0 Å². The lowest BCUT2D eigenvalue weighted by molar-refractivity contribution is -0.133. The molecular weight excluding hydrogens is 433 g/mol. The van der Waals surface area contributed by atoms with Gasteiger partial charge in [0, 0.05) is 43.4 Å². The smallest absolute Gasteiger partial charge is 0.315 e. The second kappa shape index (κ2) is 10.2. The monoisotopic (exact) mass is 462 g/mol. The minimum Gasteiger partial charge on any atom is -0.386 e. The van der Waals surface area contributed by atoms with Crippen LogP contribution < -0.4 is 10.6 Å². The van der Waals surface area contributed by atoms with Gasteiger partial charge in [0.05, 0.1) is 11.7 Å². The van der Waals surface area contributed by atoms with Gasteiger partial charge in [-0.05, 0) is 36.6 Å². The van der Waals surface area contributed by atoms with Crippen LogP contribution in [0.15, 0.2) is 42.6 Å². The summed E-state index contributed by atoms with van der Waals surface area (Å²) >= 11 is 0. The fourth-order valence-corrected chi connectivity index (χ4v) is 4.68. The Labute approximate surface area is 191 Å². The maximum Gasteiger partial charge on any atom is 0.315 e. The van der Waals surface area contributed by atoms with Crippen molar-refractivity contribution in [3.8, 4) is 11.1 Å². The molecule has 2 aliphatic rings. The molecule has 2 aromatic rings. The van der Waals surface area contributed by atoms with E-state index in [0.29, 0.717) is 11.0 Å². The van der Waals surface area contributed by atoms with Gasteiger partial charge in [-0.1, -0.05) is 30.3 Å². The molecule has 2 atom stereocenters. The zero-order valence-corrected chi connectivity index (χ0v) is 18.3. The lowest BCUT2D eigenvalue weighted by Crippen LogP contribution is -2.60. The van der Waals surface area contributed by atoms with Crippen molar-refractivity contribution in [2.45, 2.75) is 38.0 Å². The Bertz CT molecular complexity index is 936. The third-order valence-corrected chi connectivity index (χ3v) is 6.61. The molecule has 33 heavy (non-hydrogen) atoms. The van der Waals surface area contributed by atoms with Gasteiger partial charge in [-0.25, -0.2) is 4.39 Å². The third kappa shape index (κ3) is 5.54. The van der Waals surface area contributed by atoms with E-state index in [0.717, 1.165) is 49.5 Å². The van der Waals surface area contributed by atoms with E-state index in [1.807, 2.05) is 17.4 Å². The number of nitrogens with one attached hydrogen (secondary N) is 2. The van der Waals surface area contributed by atoms with Crippen molar-refractivity contribution in [2.24, 2.45) is 5.41 Å². The Hall–Kier alpha value is -2.49. The summed E-state index contributed by atoms with van der Waals surface area (Å²) in [7, 11) is 0. The highest BCUT2D eigenvalue weighted by molar-refractivity contribution is 5.79. The number of aromatic nitrogens is 1. The minimum atomic E-state index is -3.27. The number of aliphatic hydroxyl groups is 1. The van der Waals surface area contributed by atoms with Crippen LogP contribution in [0.4, 0.5) is 13.2 Å². The normalized spacial score (nSPS) is 19.8. The average molecular weight is 463 g/mol. The van der Waals surface area contributed by atoms with Crippen LogP contribution in [-0.4, -0.2) is 66.2 Å². The van der Waals surface area contributed by atoms with Gasteiger partial charge < -0.3 is 15.7 Å². The van der Waals surface area contributed by atoms with Crippen molar-refractivity contribution in [1.29, 1.82) is 0 Å². The summed E-state index contributed by atoms with van der Waals surface area (Å²) in [6.45, 7) is 4.05. The third-order valence-electron chi connectivity index (χ3n) is 6.61. The largest absolute Gasteiger partial charge is 0.386 e. The first-order chi connectivity index (χ1) is 15.9. The molecule has 178 valence electrons. The van der Waals surface area contributed by atoms with Gasteiger partial charge in [-0.15, -0.1) is 0 Å². The van der Waals surface area contributed by atoms with Gasteiger partial charge in [0.25, 0.3) is 5.91 Å². The molecule has 0 saturated carbocycles. The number of aliphatic hydroxyl groups excluding tert-OH is 1. The molecular formula is C24H29F3N4O2. The molecule has 2 saturated heterocycles. The SMILES string of the molecule is O=C(NC(CF)C(O)c1ccc(-c2ccc(CN3CCCC4(CNC4)C3)nc2)cc1)C(F)F. The number of alkyl halides is 3. The minimum absolute atomic E-state index is 0.324.